The van der Waals surface area contributed by atoms with E-state index in [2.05, 4.69) is 21.5 Å². The van der Waals surface area contributed by atoms with Gasteiger partial charge in [0.05, 0.1) is 0 Å². The number of halogens is 1. The third-order valence-electron chi connectivity index (χ3n) is 3.09. The first-order valence-electron chi connectivity index (χ1n) is 6.95. The molecule has 19 heavy (non-hydrogen) atoms. The Balaban J connectivity index is 2.03. The van der Waals surface area contributed by atoms with E-state index in [4.69, 9.17) is 11.6 Å². The molecule has 0 atom stereocenters. The number of unbranched alkanes of at least 4 members (excludes halogenated alkanes) is 5. The second kappa shape index (κ2) is 10.3. The van der Waals surface area contributed by atoms with Crippen molar-refractivity contribution < 1.29 is 0 Å². The summed E-state index contributed by atoms with van der Waals surface area (Å²) in [6.45, 7) is 2.90. The number of anilines is 1. The first kappa shape index (κ1) is 16.6. The van der Waals surface area contributed by atoms with Crippen LogP contribution in [0.15, 0.2) is 6.33 Å². The maximum atomic E-state index is 5.94. The molecule has 1 aromatic heterocycles. The minimum absolute atomic E-state index is 0.534. The van der Waals surface area contributed by atoms with E-state index in [0.29, 0.717) is 5.15 Å². The molecule has 0 aromatic carbocycles. The van der Waals surface area contributed by atoms with Gasteiger partial charge in [-0.25, -0.2) is 9.97 Å². The summed E-state index contributed by atoms with van der Waals surface area (Å²) in [5.74, 6) is 2.16. The summed E-state index contributed by atoms with van der Waals surface area (Å²) < 4.78 is 0. The van der Waals surface area contributed by atoms with Crippen LogP contribution in [0.5, 0.6) is 0 Å². The van der Waals surface area contributed by atoms with Gasteiger partial charge in [-0.3, -0.25) is 0 Å². The second-order valence-corrected chi connectivity index (χ2v) is 6.02. The molecule has 0 aliphatic carbocycles. The topological polar surface area (TPSA) is 37.8 Å². The number of thioether (sulfide) groups is 1. The predicted molar refractivity (Wildman–Crippen MR) is 86.4 cm³/mol. The van der Waals surface area contributed by atoms with E-state index >= 15 is 0 Å². The minimum Gasteiger partial charge on any atom is -0.370 e. The summed E-state index contributed by atoms with van der Waals surface area (Å²) in [6.07, 6.45) is 11.6. The van der Waals surface area contributed by atoms with Gasteiger partial charge in [0.1, 0.15) is 17.3 Å². The highest BCUT2D eigenvalue weighted by atomic mass is 35.5. The third kappa shape index (κ3) is 7.02. The van der Waals surface area contributed by atoms with Gasteiger partial charge < -0.3 is 5.32 Å². The van der Waals surface area contributed by atoms with Crippen LogP contribution >= 0.6 is 23.4 Å². The number of nitrogens with one attached hydrogen (secondary N) is 1. The number of hydrogen-bond acceptors (Lipinski definition) is 4. The number of nitrogens with zero attached hydrogens (tertiary/aromatic N) is 2. The second-order valence-electron chi connectivity index (χ2n) is 4.68. The van der Waals surface area contributed by atoms with Crippen molar-refractivity contribution in [3.05, 3.63) is 17.0 Å². The summed E-state index contributed by atoms with van der Waals surface area (Å²) >= 11 is 7.88. The van der Waals surface area contributed by atoms with Crippen LogP contribution in [0.4, 0.5) is 5.82 Å². The molecule has 0 unspecified atom stereocenters. The summed E-state index contributed by atoms with van der Waals surface area (Å²) in [5, 5.41) is 3.86. The van der Waals surface area contributed by atoms with Gasteiger partial charge in [-0.1, -0.05) is 37.3 Å². The van der Waals surface area contributed by atoms with Crippen LogP contribution in [0.2, 0.25) is 5.15 Å². The van der Waals surface area contributed by atoms with Crippen molar-refractivity contribution in [3.63, 3.8) is 0 Å². The Morgan fingerprint density at radius 1 is 1.11 bits per heavy atom. The molecule has 0 spiro atoms. The van der Waals surface area contributed by atoms with Crippen molar-refractivity contribution in [1.29, 1.82) is 0 Å². The van der Waals surface area contributed by atoms with Gasteiger partial charge in [0.25, 0.3) is 0 Å². The predicted octanol–water partition coefficient (Wildman–Crippen LogP) is 4.55. The van der Waals surface area contributed by atoms with Crippen LogP contribution in [0.1, 0.15) is 44.1 Å². The van der Waals surface area contributed by atoms with Crippen LogP contribution in [0.3, 0.4) is 0 Å². The molecule has 3 nitrogen and oxygen atoms in total. The van der Waals surface area contributed by atoms with Gasteiger partial charge in [-0.15, -0.1) is 0 Å². The zero-order chi connectivity index (χ0) is 13.9. The lowest BCUT2D eigenvalue weighted by atomic mass is 10.1. The Kier molecular flexibility index (Phi) is 9.01. The maximum Gasteiger partial charge on any atom is 0.137 e. The molecule has 1 aromatic rings. The van der Waals surface area contributed by atoms with E-state index in [1.54, 1.807) is 0 Å². The summed E-state index contributed by atoms with van der Waals surface area (Å²) in [7, 11) is 0. The molecule has 5 heteroatoms. The number of aromatic nitrogens is 2. The van der Waals surface area contributed by atoms with E-state index in [0.717, 1.165) is 17.9 Å². The molecule has 1 N–H and O–H groups in total. The highest BCUT2D eigenvalue weighted by Crippen LogP contribution is 2.17. The molecule has 0 aliphatic heterocycles. The highest BCUT2D eigenvalue weighted by Gasteiger charge is 2.03. The van der Waals surface area contributed by atoms with E-state index < -0.39 is 0 Å². The van der Waals surface area contributed by atoms with Crippen molar-refractivity contribution in [2.75, 3.05) is 23.9 Å². The van der Waals surface area contributed by atoms with Crippen molar-refractivity contribution in [1.82, 2.24) is 9.97 Å². The maximum absolute atomic E-state index is 5.94. The van der Waals surface area contributed by atoms with E-state index in [9.17, 15) is 0 Å². The average molecular weight is 302 g/mol. The van der Waals surface area contributed by atoms with Crippen LogP contribution in [0, 0.1) is 6.92 Å². The molecule has 0 amide bonds. The summed E-state index contributed by atoms with van der Waals surface area (Å²) in [6, 6.07) is 0. The van der Waals surface area contributed by atoms with Crippen molar-refractivity contribution >= 4 is 29.2 Å². The van der Waals surface area contributed by atoms with Crippen LogP contribution in [-0.4, -0.2) is 28.5 Å². The SMILES string of the molecule is CSCCCCCCCCNc1ncnc(Cl)c1C. The van der Waals surface area contributed by atoms with Gasteiger partial charge >= 0.3 is 0 Å². The largest absolute Gasteiger partial charge is 0.370 e. The van der Waals surface area contributed by atoms with Crippen molar-refractivity contribution in [2.45, 2.75) is 45.4 Å². The standard InChI is InChI=1S/C14H24ClN3S/c1-12-13(15)17-11-18-14(12)16-9-7-5-3-4-6-8-10-19-2/h11H,3-10H2,1-2H3,(H,16,17,18). The fourth-order valence-corrected chi connectivity index (χ4v) is 2.52. The first-order chi connectivity index (χ1) is 9.25. The minimum atomic E-state index is 0.534. The average Bonchev–Trinajstić information content (AvgIpc) is 2.41. The van der Waals surface area contributed by atoms with Gasteiger partial charge in [0.2, 0.25) is 0 Å². The van der Waals surface area contributed by atoms with Gasteiger partial charge in [0, 0.05) is 12.1 Å². The quantitative estimate of drug-likeness (QED) is 0.508. The Morgan fingerprint density at radius 3 is 2.53 bits per heavy atom. The molecule has 108 valence electrons. The van der Waals surface area contributed by atoms with Gasteiger partial charge in [-0.2, -0.15) is 11.8 Å². The summed E-state index contributed by atoms with van der Waals surface area (Å²) in [4.78, 5) is 8.14. The third-order valence-corrected chi connectivity index (χ3v) is 4.17. The van der Waals surface area contributed by atoms with Crippen LogP contribution in [0.25, 0.3) is 0 Å². The molecule has 0 fully saturated rings. The molecule has 0 bridgehead atoms. The number of rotatable bonds is 10. The van der Waals surface area contributed by atoms with Crippen LogP contribution < -0.4 is 5.32 Å². The van der Waals surface area contributed by atoms with Crippen molar-refractivity contribution in [2.24, 2.45) is 0 Å². The fourth-order valence-electron chi connectivity index (χ4n) is 1.89. The van der Waals surface area contributed by atoms with E-state index in [1.165, 1.54) is 50.6 Å². The van der Waals surface area contributed by atoms with Gasteiger partial charge in [-0.05, 0) is 31.8 Å². The lowest BCUT2D eigenvalue weighted by Gasteiger charge is -2.08. The zero-order valence-electron chi connectivity index (χ0n) is 11.9. The molecule has 0 radical (unpaired) electrons. The molecule has 1 rings (SSSR count). The molecule has 0 aliphatic rings. The molecule has 1 heterocycles. The Bertz CT molecular complexity index is 361. The smallest absolute Gasteiger partial charge is 0.137 e. The molecule has 0 saturated carbocycles. The highest BCUT2D eigenvalue weighted by molar-refractivity contribution is 7.98. The van der Waals surface area contributed by atoms with E-state index in [1.807, 2.05) is 18.7 Å². The normalized spacial score (nSPS) is 10.7. The molecular formula is C14H24ClN3S. The van der Waals surface area contributed by atoms with Crippen LogP contribution in [-0.2, 0) is 0 Å². The Morgan fingerprint density at radius 2 is 1.79 bits per heavy atom. The fraction of sp³-hybridized carbons (Fsp3) is 0.714. The zero-order valence-corrected chi connectivity index (χ0v) is 13.5. The lowest BCUT2D eigenvalue weighted by molar-refractivity contribution is 0.619. The monoisotopic (exact) mass is 301 g/mol. The lowest BCUT2D eigenvalue weighted by Crippen LogP contribution is -2.05. The summed E-state index contributed by atoms with van der Waals surface area (Å²) in [5.41, 5.74) is 0.932. The van der Waals surface area contributed by atoms with Crippen molar-refractivity contribution in [3.8, 4) is 0 Å². The Hall–Kier alpha value is -0.480. The molecule has 0 saturated heterocycles. The molecular weight excluding hydrogens is 278 g/mol. The number of hydrogen-bond donors (Lipinski definition) is 1. The first-order valence-corrected chi connectivity index (χ1v) is 8.72. The Labute approximate surface area is 125 Å². The van der Waals surface area contributed by atoms with E-state index in [-0.39, 0.29) is 0 Å². The van der Waals surface area contributed by atoms with Gasteiger partial charge in [0.15, 0.2) is 0 Å².